The molecule has 1 heterocycles. The molecule has 0 N–H and O–H groups in total. The molecule has 0 atom stereocenters. The van der Waals surface area contributed by atoms with Gasteiger partial charge in [-0.2, -0.15) is 0 Å². The van der Waals surface area contributed by atoms with E-state index in [1.54, 1.807) is 30.0 Å². The maximum Gasteiger partial charge on any atom is 0.242 e. The summed E-state index contributed by atoms with van der Waals surface area (Å²) in [7, 11) is -0.357. The van der Waals surface area contributed by atoms with Crippen LogP contribution in [0.25, 0.3) is 10.9 Å². The molecule has 5 nitrogen and oxygen atoms in total. The third-order valence-electron chi connectivity index (χ3n) is 3.73. The lowest BCUT2D eigenvalue weighted by atomic mass is 10.2. The van der Waals surface area contributed by atoms with Crippen LogP contribution in [-0.4, -0.2) is 36.8 Å². The molecule has 0 saturated carbocycles. The molecule has 0 saturated heterocycles. The molecule has 1 aromatic heterocycles. The summed E-state index contributed by atoms with van der Waals surface area (Å²) in [4.78, 5) is 9.29. The van der Waals surface area contributed by atoms with Crippen molar-refractivity contribution < 1.29 is 8.42 Å². The van der Waals surface area contributed by atoms with Gasteiger partial charge in [-0.3, -0.25) is 0 Å². The van der Waals surface area contributed by atoms with Gasteiger partial charge in [-0.05, 0) is 30.7 Å². The van der Waals surface area contributed by atoms with Crippen LogP contribution in [0.5, 0.6) is 0 Å². The molecule has 3 aromatic rings. The predicted molar refractivity (Wildman–Crippen MR) is 101 cm³/mol. The summed E-state index contributed by atoms with van der Waals surface area (Å²) in [5.41, 5.74) is 1.86. The average molecular weight is 374 g/mol. The first-order chi connectivity index (χ1) is 11.9. The average Bonchev–Trinajstić information content (AvgIpc) is 2.59. The number of nitrogens with zero attached hydrogens (tertiary/aromatic N) is 3. The minimum absolute atomic E-state index is 0.305. The molecule has 130 valence electrons. The molecule has 0 spiro atoms. The zero-order chi connectivity index (χ0) is 18.0. The van der Waals surface area contributed by atoms with E-state index in [0.29, 0.717) is 10.6 Å². The van der Waals surface area contributed by atoms with Crippen molar-refractivity contribution in [2.75, 3.05) is 14.1 Å². The van der Waals surface area contributed by atoms with Crippen LogP contribution in [0.15, 0.2) is 58.5 Å². The van der Waals surface area contributed by atoms with Gasteiger partial charge in [0.1, 0.15) is 10.9 Å². The van der Waals surface area contributed by atoms with Crippen LogP contribution in [0, 0.1) is 6.92 Å². The van der Waals surface area contributed by atoms with Crippen molar-refractivity contribution in [3.8, 4) is 0 Å². The van der Waals surface area contributed by atoms with Crippen LogP contribution in [0.4, 0.5) is 0 Å². The molecule has 0 unspecified atom stereocenters. The lowest BCUT2D eigenvalue weighted by Gasteiger charge is -2.12. The second kappa shape index (κ2) is 7.11. The SMILES string of the molecule is Cc1nc(SCc2cccc(S(=O)(=O)N(C)C)c2)c2ccccc2n1. The molecule has 0 aliphatic rings. The summed E-state index contributed by atoms with van der Waals surface area (Å²) in [5, 5.41) is 1.92. The van der Waals surface area contributed by atoms with Crippen LogP contribution in [0.2, 0.25) is 0 Å². The van der Waals surface area contributed by atoms with Crippen molar-refractivity contribution in [2.45, 2.75) is 22.6 Å². The molecule has 7 heteroatoms. The number of para-hydroxylation sites is 1. The topological polar surface area (TPSA) is 63.2 Å². The molecule has 0 aliphatic heterocycles. The predicted octanol–water partition coefficient (Wildman–Crippen LogP) is 3.48. The quantitative estimate of drug-likeness (QED) is 0.506. The van der Waals surface area contributed by atoms with Crippen molar-refractivity contribution >= 4 is 32.7 Å². The molecule has 0 aliphatic carbocycles. The molecule has 25 heavy (non-hydrogen) atoms. The summed E-state index contributed by atoms with van der Waals surface area (Å²) in [6, 6.07) is 14.9. The van der Waals surface area contributed by atoms with Crippen LogP contribution in [0.1, 0.15) is 11.4 Å². The highest BCUT2D eigenvalue weighted by Gasteiger charge is 2.17. The molecular formula is C18H19N3O2S2. The Labute approximate surface area is 152 Å². The van der Waals surface area contributed by atoms with Crippen molar-refractivity contribution in [1.29, 1.82) is 0 Å². The number of aryl methyl sites for hydroxylation is 1. The number of hydrogen-bond donors (Lipinski definition) is 0. The van der Waals surface area contributed by atoms with E-state index in [1.807, 2.05) is 37.3 Å². The Morgan fingerprint density at radius 1 is 1.04 bits per heavy atom. The van der Waals surface area contributed by atoms with Crippen molar-refractivity contribution in [3.05, 3.63) is 59.9 Å². The number of sulfonamides is 1. The van der Waals surface area contributed by atoms with Gasteiger partial charge in [-0.25, -0.2) is 22.7 Å². The maximum absolute atomic E-state index is 12.3. The summed E-state index contributed by atoms with van der Waals surface area (Å²) >= 11 is 1.59. The Kier molecular flexibility index (Phi) is 5.08. The number of benzene rings is 2. The van der Waals surface area contributed by atoms with E-state index in [4.69, 9.17) is 0 Å². The lowest BCUT2D eigenvalue weighted by molar-refractivity contribution is 0.520. The van der Waals surface area contributed by atoms with E-state index in [-0.39, 0.29) is 0 Å². The zero-order valence-electron chi connectivity index (χ0n) is 14.3. The first-order valence-corrected chi connectivity index (χ1v) is 10.2. The molecular weight excluding hydrogens is 354 g/mol. The third-order valence-corrected chi connectivity index (χ3v) is 6.61. The van der Waals surface area contributed by atoms with Crippen LogP contribution in [0.3, 0.4) is 0 Å². The van der Waals surface area contributed by atoms with Gasteiger partial charge < -0.3 is 0 Å². The van der Waals surface area contributed by atoms with Gasteiger partial charge in [0.15, 0.2) is 0 Å². The summed E-state index contributed by atoms with van der Waals surface area (Å²) in [5.74, 6) is 1.36. The molecule has 0 bridgehead atoms. The van der Waals surface area contributed by atoms with E-state index in [1.165, 1.54) is 18.4 Å². The summed E-state index contributed by atoms with van der Waals surface area (Å²) in [6.07, 6.45) is 0. The molecule has 0 radical (unpaired) electrons. The standard InChI is InChI=1S/C18H19N3O2S2/c1-13-19-17-10-5-4-9-16(17)18(20-13)24-12-14-7-6-8-15(11-14)25(22,23)21(2)3/h4-11H,12H2,1-3H3. The highest BCUT2D eigenvalue weighted by molar-refractivity contribution is 7.98. The minimum Gasteiger partial charge on any atom is -0.233 e. The van der Waals surface area contributed by atoms with Crippen molar-refractivity contribution in [1.82, 2.24) is 14.3 Å². The summed E-state index contributed by atoms with van der Waals surface area (Å²) < 4.78 is 25.8. The Hall–Kier alpha value is -1.96. The molecule has 0 amide bonds. The largest absolute Gasteiger partial charge is 0.242 e. The minimum atomic E-state index is -3.43. The van der Waals surface area contributed by atoms with Crippen LogP contribution < -0.4 is 0 Å². The van der Waals surface area contributed by atoms with E-state index < -0.39 is 10.0 Å². The Morgan fingerprint density at radius 2 is 1.80 bits per heavy atom. The van der Waals surface area contributed by atoms with E-state index in [2.05, 4.69) is 9.97 Å². The Bertz CT molecular complexity index is 1020. The fourth-order valence-corrected chi connectivity index (χ4v) is 4.41. The normalized spacial score (nSPS) is 12.0. The number of aromatic nitrogens is 2. The van der Waals surface area contributed by atoms with Gasteiger partial charge >= 0.3 is 0 Å². The molecule has 2 aromatic carbocycles. The van der Waals surface area contributed by atoms with Crippen molar-refractivity contribution in [3.63, 3.8) is 0 Å². The summed E-state index contributed by atoms with van der Waals surface area (Å²) in [6.45, 7) is 1.88. The maximum atomic E-state index is 12.3. The Balaban J connectivity index is 1.88. The first-order valence-electron chi connectivity index (χ1n) is 7.75. The van der Waals surface area contributed by atoms with Gasteiger partial charge in [-0.1, -0.05) is 30.3 Å². The van der Waals surface area contributed by atoms with Crippen molar-refractivity contribution in [2.24, 2.45) is 0 Å². The van der Waals surface area contributed by atoms with Gasteiger partial charge in [0.25, 0.3) is 0 Å². The third kappa shape index (κ3) is 3.84. The van der Waals surface area contributed by atoms with Gasteiger partial charge in [0, 0.05) is 25.2 Å². The fourth-order valence-electron chi connectivity index (χ4n) is 2.43. The second-order valence-corrected chi connectivity index (χ2v) is 8.93. The second-order valence-electron chi connectivity index (χ2n) is 5.82. The first kappa shape index (κ1) is 17.8. The van der Waals surface area contributed by atoms with E-state index in [0.717, 1.165) is 27.3 Å². The van der Waals surface area contributed by atoms with Gasteiger partial charge in [0.2, 0.25) is 10.0 Å². The highest BCUT2D eigenvalue weighted by Crippen LogP contribution is 2.28. The van der Waals surface area contributed by atoms with Gasteiger partial charge in [0.05, 0.1) is 10.4 Å². The number of fused-ring (bicyclic) bond motifs is 1. The number of hydrogen-bond acceptors (Lipinski definition) is 5. The van der Waals surface area contributed by atoms with E-state index in [9.17, 15) is 8.42 Å². The molecule has 0 fully saturated rings. The number of thioether (sulfide) groups is 1. The van der Waals surface area contributed by atoms with Crippen LogP contribution in [-0.2, 0) is 15.8 Å². The number of rotatable bonds is 5. The fraction of sp³-hybridized carbons (Fsp3) is 0.222. The smallest absolute Gasteiger partial charge is 0.233 e. The highest BCUT2D eigenvalue weighted by atomic mass is 32.2. The lowest BCUT2D eigenvalue weighted by Crippen LogP contribution is -2.22. The Morgan fingerprint density at radius 3 is 2.56 bits per heavy atom. The van der Waals surface area contributed by atoms with Crippen LogP contribution >= 0.6 is 11.8 Å². The zero-order valence-corrected chi connectivity index (χ0v) is 15.9. The van der Waals surface area contributed by atoms with E-state index >= 15 is 0 Å². The monoisotopic (exact) mass is 373 g/mol. The van der Waals surface area contributed by atoms with Gasteiger partial charge in [-0.15, -0.1) is 11.8 Å². The molecule has 3 rings (SSSR count).